The number of phenols is 4. The fourth-order valence-corrected chi connectivity index (χ4v) is 3.61. The fraction of sp³-hybridized carbons (Fsp3) is 0. The number of benzene rings is 3. The van der Waals surface area contributed by atoms with E-state index < -0.39 is 17.5 Å². The number of hydrogen-bond acceptors (Lipinski definition) is 8. The molecule has 1 aromatic heterocycles. The molecule has 4 rings (SSSR count). The van der Waals surface area contributed by atoms with Gasteiger partial charge in [-0.2, -0.15) is 0 Å². The van der Waals surface area contributed by atoms with Crippen molar-refractivity contribution in [2.45, 2.75) is 0 Å². The molecule has 9 heteroatoms. The fourth-order valence-electron chi connectivity index (χ4n) is 3.61. The SMILES string of the molecule is O=C(O)c1cc(C(=O)C=Cc2ccc(O)c(O)c2)c2c(C(=O)C=Cc3ccc(O)c(O)c3)cccc2n1. The molecule has 4 aromatic rings. The van der Waals surface area contributed by atoms with Crippen LogP contribution >= 0.6 is 0 Å². The second-order valence-electron chi connectivity index (χ2n) is 7.95. The number of allylic oxidation sites excluding steroid dienone is 2. The molecule has 37 heavy (non-hydrogen) atoms. The Hall–Kier alpha value is -5.44. The predicted octanol–water partition coefficient (Wildman–Crippen LogP) is 4.55. The maximum absolute atomic E-state index is 13.2. The van der Waals surface area contributed by atoms with Crippen LogP contribution in [-0.4, -0.2) is 48.1 Å². The molecular formula is C28H19NO8. The summed E-state index contributed by atoms with van der Waals surface area (Å²) in [6, 6.07) is 13.5. The number of fused-ring (bicyclic) bond motifs is 1. The number of carbonyl (C=O) groups excluding carboxylic acids is 2. The van der Waals surface area contributed by atoms with Gasteiger partial charge in [-0.25, -0.2) is 9.78 Å². The summed E-state index contributed by atoms with van der Waals surface area (Å²) in [4.78, 5) is 42.0. The van der Waals surface area contributed by atoms with Gasteiger partial charge >= 0.3 is 5.97 Å². The predicted molar refractivity (Wildman–Crippen MR) is 135 cm³/mol. The minimum atomic E-state index is -1.35. The van der Waals surface area contributed by atoms with E-state index in [-0.39, 0.29) is 50.7 Å². The second kappa shape index (κ2) is 10.0. The number of pyridine rings is 1. The number of aromatic hydroxyl groups is 4. The van der Waals surface area contributed by atoms with Crippen molar-refractivity contribution >= 4 is 40.6 Å². The Balaban J connectivity index is 1.78. The number of carbonyl (C=O) groups is 3. The quantitative estimate of drug-likeness (QED) is 0.140. The van der Waals surface area contributed by atoms with Gasteiger partial charge < -0.3 is 25.5 Å². The lowest BCUT2D eigenvalue weighted by molar-refractivity contribution is 0.0690. The molecule has 0 saturated carbocycles. The minimum Gasteiger partial charge on any atom is -0.504 e. The van der Waals surface area contributed by atoms with Crippen LogP contribution in [0.15, 0.2) is 72.8 Å². The van der Waals surface area contributed by atoms with E-state index in [1.54, 1.807) is 0 Å². The number of nitrogens with zero attached hydrogens (tertiary/aromatic N) is 1. The molecule has 1 heterocycles. The first-order chi connectivity index (χ1) is 17.6. The Labute approximate surface area is 209 Å². The molecule has 0 fully saturated rings. The summed E-state index contributed by atoms with van der Waals surface area (Å²) < 4.78 is 0. The molecule has 5 N–H and O–H groups in total. The van der Waals surface area contributed by atoms with Crippen LogP contribution < -0.4 is 0 Å². The van der Waals surface area contributed by atoms with Gasteiger partial charge in [-0.3, -0.25) is 9.59 Å². The largest absolute Gasteiger partial charge is 0.504 e. The minimum absolute atomic E-state index is 0.0683. The average molecular weight is 497 g/mol. The summed E-state index contributed by atoms with van der Waals surface area (Å²) in [6.07, 6.45) is 5.16. The lowest BCUT2D eigenvalue weighted by atomic mass is 9.96. The van der Waals surface area contributed by atoms with Crippen molar-refractivity contribution in [1.29, 1.82) is 0 Å². The van der Waals surface area contributed by atoms with Crippen LogP contribution in [0, 0.1) is 0 Å². The van der Waals surface area contributed by atoms with Crippen LogP contribution in [0.4, 0.5) is 0 Å². The first-order valence-electron chi connectivity index (χ1n) is 10.8. The highest BCUT2D eigenvalue weighted by atomic mass is 16.4. The van der Waals surface area contributed by atoms with Gasteiger partial charge in [0.1, 0.15) is 5.69 Å². The smallest absolute Gasteiger partial charge is 0.354 e. The summed E-state index contributed by atoms with van der Waals surface area (Å²) in [7, 11) is 0. The number of rotatable bonds is 7. The van der Waals surface area contributed by atoms with Gasteiger partial charge in [0.2, 0.25) is 0 Å². The number of aromatic nitrogens is 1. The number of aromatic carboxylic acids is 1. The molecule has 0 unspecified atom stereocenters. The Kier molecular flexibility index (Phi) is 6.70. The van der Waals surface area contributed by atoms with Crippen LogP contribution in [0.5, 0.6) is 23.0 Å². The molecule has 0 radical (unpaired) electrons. The third-order valence-electron chi connectivity index (χ3n) is 5.44. The van der Waals surface area contributed by atoms with Gasteiger partial charge in [0.25, 0.3) is 0 Å². The third-order valence-corrected chi connectivity index (χ3v) is 5.44. The van der Waals surface area contributed by atoms with Crippen molar-refractivity contribution in [2.24, 2.45) is 0 Å². The zero-order valence-corrected chi connectivity index (χ0v) is 19.0. The monoisotopic (exact) mass is 497 g/mol. The van der Waals surface area contributed by atoms with Gasteiger partial charge in [0.05, 0.1) is 5.52 Å². The van der Waals surface area contributed by atoms with E-state index in [0.29, 0.717) is 11.1 Å². The van der Waals surface area contributed by atoms with E-state index in [0.717, 1.165) is 12.1 Å². The number of ketones is 2. The average Bonchev–Trinajstić information content (AvgIpc) is 2.88. The molecule has 0 saturated heterocycles. The summed E-state index contributed by atoms with van der Waals surface area (Å²) in [6.45, 7) is 0. The molecule has 9 nitrogen and oxygen atoms in total. The maximum atomic E-state index is 13.2. The zero-order valence-electron chi connectivity index (χ0n) is 19.0. The van der Waals surface area contributed by atoms with Crippen molar-refractivity contribution in [3.05, 3.63) is 101 Å². The molecule has 0 atom stereocenters. The normalized spacial score (nSPS) is 11.4. The summed E-state index contributed by atoms with van der Waals surface area (Å²) in [5.41, 5.74) is 0.608. The molecule has 0 aliphatic carbocycles. The summed E-state index contributed by atoms with van der Waals surface area (Å²) >= 11 is 0. The molecule has 0 bridgehead atoms. The number of carboxylic acids is 1. The Morgan fingerprint density at radius 3 is 1.70 bits per heavy atom. The first-order valence-corrected chi connectivity index (χ1v) is 10.8. The van der Waals surface area contributed by atoms with Crippen LogP contribution in [-0.2, 0) is 0 Å². The summed E-state index contributed by atoms with van der Waals surface area (Å²) in [5, 5.41) is 47.9. The Morgan fingerprint density at radius 2 is 1.19 bits per heavy atom. The Bertz CT molecular complexity index is 1640. The van der Waals surface area contributed by atoms with Crippen molar-refractivity contribution < 1.29 is 39.9 Å². The van der Waals surface area contributed by atoms with Crippen LogP contribution in [0.3, 0.4) is 0 Å². The van der Waals surface area contributed by atoms with Crippen molar-refractivity contribution in [1.82, 2.24) is 4.98 Å². The topological polar surface area (TPSA) is 165 Å². The zero-order chi connectivity index (χ0) is 26.7. The third kappa shape index (κ3) is 5.30. The number of phenolic OH excluding ortho intramolecular Hbond substituents is 4. The molecule has 0 aliphatic rings. The second-order valence-corrected chi connectivity index (χ2v) is 7.95. The van der Waals surface area contributed by atoms with Crippen LogP contribution in [0.25, 0.3) is 23.1 Å². The van der Waals surface area contributed by atoms with Gasteiger partial charge in [-0.15, -0.1) is 0 Å². The van der Waals surface area contributed by atoms with E-state index in [1.165, 1.54) is 72.8 Å². The van der Waals surface area contributed by atoms with E-state index in [2.05, 4.69) is 4.98 Å². The van der Waals surface area contributed by atoms with E-state index in [1.807, 2.05) is 0 Å². The molecule has 0 amide bonds. The summed E-state index contributed by atoms with van der Waals surface area (Å²) in [5.74, 6) is -3.85. The van der Waals surface area contributed by atoms with Gasteiger partial charge in [0.15, 0.2) is 34.6 Å². The van der Waals surface area contributed by atoms with Crippen molar-refractivity contribution in [3.8, 4) is 23.0 Å². The molecule has 184 valence electrons. The highest BCUT2D eigenvalue weighted by Gasteiger charge is 2.19. The standard InChI is InChI=1S/C28H19NO8/c30-21(8-4-15-6-10-23(32)25(34)12-15)17-2-1-3-19-27(17)18(14-20(29-19)28(36)37)22(31)9-5-16-7-11-24(33)26(35)13-16/h1-14,32-35H,(H,36,37). The molecule has 0 aliphatic heterocycles. The van der Waals surface area contributed by atoms with E-state index in [9.17, 15) is 39.9 Å². The van der Waals surface area contributed by atoms with Crippen molar-refractivity contribution in [2.75, 3.05) is 0 Å². The maximum Gasteiger partial charge on any atom is 0.354 e. The highest BCUT2D eigenvalue weighted by Crippen LogP contribution is 2.28. The van der Waals surface area contributed by atoms with E-state index in [4.69, 9.17) is 0 Å². The lowest BCUT2D eigenvalue weighted by Crippen LogP contribution is -2.08. The van der Waals surface area contributed by atoms with E-state index >= 15 is 0 Å². The van der Waals surface area contributed by atoms with Gasteiger partial charge in [-0.05, 0) is 59.7 Å². The van der Waals surface area contributed by atoms with Crippen molar-refractivity contribution in [3.63, 3.8) is 0 Å². The highest BCUT2D eigenvalue weighted by molar-refractivity contribution is 6.22. The van der Waals surface area contributed by atoms with Crippen LogP contribution in [0.2, 0.25) is 0 Å². The molecule has 3 aromatic carbocycles. The lowest BCUT2D eigenvalue weighted by Gasteiger charge is -2.09. The molecular weight excluding hydrogens is 478 g/mol. The number of carboxylic acid groups (broad SMARTS) is 1. The Morgan fingerprint density at radius 1 is 0.649 bits per heavy atom. The molecule has 0 spiro atoms. The van der Waals surface area contributed by atoms with Crippen LogP contribution in [0.1, 0.15) is 42.3 Å². The van der Waals surface area contributed by atoms with Gasteiger partial charge in [-0.1, -0.05) is 36.4 Å². The number of hydrogen-bond donors (Lipinski definition) is 5. The first kappa shape index (κ1) is 24.7. The van der Waals surface area contributed by atoms with Gasteiger partial charge in [0, 0.05) is 16.5 Å².